The molecule has 1 aliphatic rings. The van der Waals surface area contributed by atoms with Crippen LogP contribution < -0.4 is 10.6 Å². The summed E-state index contributed by atoms with van der Waals surface area (Å²) in [6, 6.07) is 19.3. The third kappa shape index (κ3) is 4.44. The zero-order valence-corrected chi connectivity index (χ0v) is 15.8. The second-order valence-corrected chi connectivity index (χ2v) is 7.03. The molecule has 0 aromatic heterocycles. The molecule has 1 fully saturated rings. The fraction of sp³-hybridized carbons (Fsp3) is 0.409. The molecule has 0 saturated heterocycles. The number of guanidine groups is 1. The number of hydrogen-bond acceptors (Lipinski definition) is 2. The summed E-state index contributed by atoms with van der Waals surface area (Å²) in [6.07, 6.45) is 3.78. The smallest absolute Gasteiger partial charge is 0.191 e. The summed E-state index contributed by atoms with van der Waals surface area (Å²) >= 11 is 0. The molecule has 0 radical (unpaired) electrons. The van der Waals surface area contributed by atoms with Gasteiger partial charge in [-0.1, -0.05) is 61.0 Å². The molecule has 2 aromatic rings. The Morgan fingerprint density at radius 1 is 1.00 bits per heavy atom. The molecule has 3 rings (SSSR count). The molecule has 2 aromatic carbocycles. The molecule has 0 heterocycles. The Bertz CT molecular complexity index is 706. The number of aliphatic imine (C=N–C) groups is 1. The van der Waals surface area contributed by atoms with E-state index in [-0.39, 0.29) is 5.41 Å². The Morgan fingerprint density at radius 3 is 2.27 bits per heavy atom. The number of nitrogens with zero attached hydrogens (tertiary/aromatic N) is 1. The minimum Gasteiger partial charge on any atom is -0.380 e. The average molecular weight is 351 g/mol. The maximum Gasteiger partial charge on any atom is 0.191 e. The topological polar surface area (TPSA) is 45.7 Å². The van der Waals surface area contributed by atoms with Crippen molar-refractivity contribution in [3.05, 3.63) is 71.3 Å². The molecule has 26 heavy (non-hydrogen) atoms. The molecule has 0 bridgehead atoms. The lowest BCUT2D eigenvalue weighted by Gasteiger charge is -2.43. The van der Waals surface area contributed by atoms with Crippen molar-refractivity contribution in [1.29, 1.82) is 0 Å². The average Bonchev–Trinajstić information content (AvgIpc) is 2.65. The van der Waals surface area contributed by atoms with Gasteiger partial charge >= 0.3 is 0 Å². The SMILES string of the molecule is CN=C(NCc1ccc(COC)cc1)NCC1(c2ccccc2)CCC1. The van der Waals surface area contributed by atoms with Crippen LogP contribution in [0.3, 0.4) is 0 Å². The molecule has 1 aliphatic carbocycles. The van der Waals surface area contributed by atoms with Crippen molar-refractivity contribution in [2.45, 2.75) is 37.8 Å². The molecule has 1 saturated carbocycles. The molecular weight excluding hydrogens is 322 g/mol. The van der Waals surface area contributed by atoms with Gasteiger partial charge in [0.15, 0.2) is 5.96 Å². The summed E-state index contributed by atoms with van der Waals surface area (Å²) in [5.74, 6) is 0.855. The molecule has 0 unspecified atom stereocenters. The van der Waals surface area contributed by atoms with E-state index in [1.54, 1.807) is 7.11 Å². The summed E-state index contributed by atoms with van der Waals surface area (Å²) in [7, 11) is 3.54. The van der Waals surface area contributed by atoms with Crippen LogP contribution in [-0.4, -0.2) is 26.7 Å². The van der Waals surface area contributed by atoms with Gasteiger partial charge in [0.05, 0.1) is 6.61 Å². The normalized spacial score (nSPS) is 16.0. The van der Waals surface area contributed by atoms with Gasteiger partial charge < -0.3 is 15.4 Å². The van der Waals surface area contributed by atoms with Crippen molar-refractivity contribution >= 4 is 5.96 Å². The summed E-state index contributed by atoms with van der Waals surface area (Å²) in [6.45, 7) is 2.33. The highest BCUT2D eigenvalue weighted by Gasteiger charge is 2.38. The molecule has 4 nitrogen and oxygen atoms in total. The summed E-state index contributed by atoms with van der Waals surface area (Å²) < 4.78 is 5.15. The fourth-order valence-electron chi connectivity index (χ4n) is 3.54. The first-order valence-electron chi connectivity index (χ1n) is 9.32. The van der Waals surface area contributed by atoms with Crippen LogP contribution in [0.5, 0.6) is 0 Å². The highest BCUT2D eigenvalue weighted by atomic mass is 16.5. The van der Waals surface area contributed by atoms with E-state index < -0.39 is 0 Å². The third-order valence-electron chi connectivity index (χ3n) is 5.31. The van der Waals surface area contributed by atoms with Gasteiger partial charge in [-0.2, -0.15) is 0 Å². The molecule has 138 valence electrons. The predicted octanol–water partition coefficient (Wildman–Crippen LogP) is 3.62. The largest absolute Gasteiger partial charge is 0.380 e. The summed E-state index contributed by atoms with van der Waals surface area (Å²) in [5, 5.41) is 6.95. The standard InChI is InChI=1S/C22H29N3O/c1-23-21(24-15-18-9-11-19(12-10-18)16-26-2)25-17-22(13-6-14-22)20-7-4-3-5-8-20/h3-5,7-12H,6,13-17H2,1-2H3,(H2,23,24,25). The van der Waals surface area contributed by atoms with E-state index in [0.29, 0.717) is 6.61 Å². The minimum atomic E-state index is 0.251. The van der Waals surface area contributed by atoms with Crippen LogP contribution in [0, 0.1) is 0 Å². The Balaban J connectivity index is 1.53. The quantitative estimate of drug-likeness (QED) is 0.592. The maximum absolute atomic E-state index is 5.15. The second-order valence-electron chi connectivity index (χ2n) is 7.03. The maximum atomic E-state index is 5.15. The number of rotatable bonds is 7. The van der Waals surface area contributed by atoms with Crippen LogP contribution in [0.4, 0.5) is 0 Å². The van der Waals surface area contributed by atoms with Crippen molar-refractivity contribution in [2.24, 2.45) is 4.99 Å². The molecular formula is C22H29N3O. The molecule has 4 heteroatoms. The molecule has 0 atom stereocenters. The molecule has 2 N–H and O–H groups in total. The van der Waals surface area contributed by atoms with Crippen molar-refractivity contribution in [1.82, 2.24) is 10.6 Å². The van der Waals surface area contributed by atoms with Gasteiger partial charge in [-0.15, -0.1) is 0 Å². The number of benzene rings is 2. The predicted molar refractivity (Wildman–Crippen MR) is 107 cm³/mol. The Morgan fingerprint density at radius 2 is 1.69 bits per heavy atom. The molecule has 0 aliphatic heterocycles. The first kappa shape index (κ1) is 18.5. The first-order valence-corrected chi connectivity index (χ1v) is 9.32. The van der Waals surface area contributed by atoms with Gasteiger partial charge in [-0.3, -0.25) is 4.99 Å². The zero-order chi connectivity index (χ0) is 18.2. The van der Waals surface area contributed by atoms with E-state index in [4.69, 9.17) is 4.74 Å². The van der Waals surface area contributed by atoms with Crippen LogP contribution in [0.25, 0.3) is 0 Å². The van der Waals surface area contributed by atoms with E-state index in [9.17, 15) is 0 Å². The third-order valence-corrected chi connectivity index (χ3v) is 5.31. The van der Waals surface area contributed by atoms with E-state index in [1.165, 1.54) is 36.0 Å². The summed E-state index contributed by atoms with van der Waals surface area (Å²) in [4.78, 5) is 4.38. The highest BCUT2D eigenvalue weighted by molar-refractivity contribution is 5.79. The lowest BCUT2D eigenvalue weighted by atomic mass is 9.64. The van der Waals surface area contributed by atoms with Crippen LogP contribution >= 0.6 is 0 Å². The number of methoxy groups -OCH3 is 1. The van der Waals surface area contributed by atoms with Gasteiger partial charge in [0.2, 0.25) is 0 Å². The van der Waals surface area contributed by atoms with Crippen molar-refractivity contribution in [2.75, 3.05) is 20.7 Å². The van der Waals surface area contributed by atoms with E-state index in [1.807, 2.05) is 7.05 Å². The van der Waals surface area contributed by atoms with Crippen molar-refractivity contribution in [3.63, 3.8) is 0 Å². The summed E-state index contributed by atoms with van der Waals surface area (Å²) in [5.41, 5.74) is 4.10. The first-order chi connectivity index (χ1) is 12.8. The van der Waals surface area contributed by atoms with Gasteiger partial charge in [-0.05, 0) is 29.5 Å². The van der Waals surface area contributed by atoms with Gasteiger partial charge in [-0.25, -0.2) is 0 Å². The Hall–Kier alpha value is -2.33. The second kappa shape index (κ2) is 8.86. The molecule has 0 amide bonds. The number of ether oxygens (including phenoxy) is 1. The van der Waals surface area contributed by atoms with Crippen LogP contribution in [0.2, 0.25) is 0 Å². The van der Waals surface area contributed by atoms with Gasteiger partial charge in [0.1, 0.15) is 0 Å². The Labute approximate surface area is 156 Å². The number of hydrogen-bond donors (Lipinski definition) is 2. The van der Waals surface area contributed by atoms with Crippen LogP contribution in [-0.2, 0) is 23.3 Å². The lowest BCUT2D eigenvalue weighted by molar-refractivity contribution is 0.185. The van der Waals surface area contributed by atoms with E-state index in [2.05, 4.69) is 70.2 Å². The highest BCUT2D eigenvalue weighted by Crippen LogP contribution is 2.43. The van der Waals surface area contributed by atoms with Crippen molar-refractivity contribution in [3.8, 4) is 0 Å². The van der Waals surface area contributed by atoms with Gasteiger partial charge in [0, 0.05) is 32.7 Å². The Kier molecular flexibility index (Phi) is 6.29. The monoisotopic (exact) mass is 351 g/mol. The fourth-order valence-corrected chi connectivity index (χ4v) is 3.54. The zero-order valence-electron chi connectivity index (χ0n) is 15.8. The van der Waals surface area contributed by atoms with E-state index >= 15 is 0 Å². The van der Waals surface area contributed by atoms with Gasteiger partial charge in [0.25, 0.3) is 0 Å². The van der Waals surface area contributed by atoms with Crippen LogP contribution in [0.1, 0.15) is 36.0 Å². The number of nitrogens with one attached hydrogen (secondary N) is 2. The van der Waals surface area contributed by atoms with Crippen LogP contribution in [0.15, 0.2) is 59.6 Å². The van der Waals surface area contributed by atoms with E-state index in [0.717, 1.165) is 19.0 Å². The molecule has 0 spiro atoms. The minimum absolute atomic E-state index is 0.251. The lowest BCUT2D eigenvalue weighted by Crippen LogP contribution is -2.48. The van der Waals surface area contributed by atoms with Crippen molar-refractivity contribution < 1.29 is 4.74 Å².